The van der Waals surface area contributed by atoms with Gasteiger partial charge in [-0.15, -0.1) is 5.10 Å². The van der Waals surface area contributed by atoms with Crippen LogP contribution in [0.1, 0.15) is 37.7 Å². The van der Waals surface area contributed by atoms with E-state index in [1.165, 1.54) is 0 Å². The molecule has 0 amide bonds. The molecule has 0 spiro atoms. The average Bonchev–Trinajstić information content (AvgIpc) is 2.97. The lowest BCUT2D eigenvalue weighted by atomic mass is 10.1. The lowest BCUT2D eigenvalue weighted by Gasteiger charge is -2.12. The Hall–Kier alpha value is -2.37. The number of hydrogen-bond acceptors (Lipinski definition) is 5. The first-order valence-electron chi connectivity index (χ1n) is 7.00. The van der Waals surface area contributed by atoms with E-state index in [-0.39, 0.29) is 11.8 Å². The van der Waals surface area contributed by atoms with Gasteiger partial charge in [-0.3, -0.25) is 0 Å². The van der Waals surface area contributed by atoms with Crippen LogP contribution in [-0.4, -0.2) is 34.1 Å². The van der Waals surface area contributed by atoms with Crippen LogP contribution in [0.15, 0.2) is 24.3 Å². The number of aromatic amines is 1. The molecule has 2 rings (SSSR count). The molecule has 1 N–H and O–H groups in total. The Bertz CT molecular complexity index is 592. The molecule has 2 aromatic rings. The van der Waals surface area contributed by atoms with Crippen LogP contribution in [0.3, 0.4) is 0 Å². The predicted octanol–water partition coefficient (Wildman–Crippen LogP) is 2.83. The van der Waals surface area contributed by atoms with Gasteiger partial charge in [0.2, 0.25) is 0 Å². The first-order valence-corrected chi connectivity index (χ1v) is 7.00. The summed E-state index contributed by atoms with van der Waals surface area (Å²) in [6, 6.07) is 7.40. The Kier molecular flexibility index (Phi) is 4.92. The maximum absolute atomic E-state index is 11.8. The van der Waals surface area contributed by atoms with E-state index in [1.807, 2.05) is 31.2 Å². The molecule has 0 fully saturated rings. The van der Waals surface area contributed by atoms with E-state index in [0.29, 0.717) is 12.3 Å². The number of rotatable bonds is 6. The number of aromatic nitrogens is 3. The summed E-state index contributed by atoms with van der Waals surface area (Å²) < 4.78 is 10.7. The van der Waals surface area contributed by atoms with Gasteiger partial charge >= 0.3 is 5.97 Å². The van der Waals surface area contributed by atoms with Crippen molar-refractivity contribution in [3.63, 3.8) is 0 Å². The molecular weight excluding hydrogens is 270 g/mol. The molecule has 6 nitrogen and oxygen atoms in total. The van der Waals surface area contributed by atoms with Gasteiger partial charge in [-0.05, 0) is 44.5 Å². The van der Waals surface area contributed by atoms with Gasteiger partial charge in [0.25, 0.3) is 0 Å². The molecule has 0 saturated carbocycles. The van der Waals surface area contributed by atoms with Gasteiger partial charge in [-0.1, -0.05) is 6.92 Å². The first kappa shape index (κ1) is 15.0. The first-order chi connectivity index (χ1) is 10.2. The normalized spacial score (nSPS) is 12.0. The number of nitrogens with one attached hydrogen (secondary N) is 1. The van der Waals surface area contributed by atoms with E-state index in [0.717, 1.165) is 17.7 Å². The molecule has 1 aromatic carbocycles. The highest BCUT2D eigenvalue weighted by atomic mass is 16.5. The summed E-state index contributed by atoms with van der Waals surface area (Å²) in [6.45, 7) is 6.13. The maximum atomic E-state index is 11.8. The quantitative estimate of drug-likeness (QED) is 0.827. The summed E-state index contributed by atoms with van der Waals surface area (Å²) in [7, 11) is 0. The van der Waals surface area contributed by atoms with Crippen LogP contribution in [0, 0.1) is 0 Å². The maximum Gasteiger partial charge on any atom is 0.361 e. The number of benzene rings is 1. The molecule has 0 radical (unpaired) electrons. The van der Waals surface area contributed by atoms with Gasteiger partial charge in [-0.25, -0.2) is 4.79 Å². The lowest BCUT2D eigenvalue weighted by Crippen LogP contribution is -2.09. The molecule has 1 atom stereocenters. The fraction of sp³-hybridized carbons (Fsp3) is 0.400. The molecule has 0 bridgehead atoms. The number of H-pyrrole nitrogens is 1. The summed E-state index contributed by atoms with van der Waals surface area (Å²) >= 11 is 0. The van der Waals surface area contributed by atoms with Crippen molar-refractivity contribution in [2.75, 3.05) is 6.61 Å². The molecule has 0 aliphatic carbocycles. The topological polar surface area (TPSA) is 77.1 Å². The third-order valence-corrected chi connectivity index (χ3v) is 3.06. The molecule has 6 heteroatoms. The summed E-state index contributed by atoms with van der Waals surface area (Å²) in [6.07, 6.45) is 1.11. The van der Waals surface area contributed by atoms with E-state index >= 15 is 0 Å². The molecule has 112 valence electrons. The van der Waals surface area contributed by atoms with Gasteiger partial charge in [-0.2, -0.15) is 10.3 Å². The van der Waals surface area contributed by atoms with E-state index < -0.39 is 5.97 Å². The van der Waals surface area contributed by atoms with Crippen molar-refractivity contribution >= 4 is 5.97 Å². The third-order valence-electron chi connectivity index (χ3n) is 3.06. The van der Waals surface area contributed by atoms with Gasteiger partial charge in [0, 0.05) is 5.56 Å². The fourth-order valence-corrected chi connectivity index (χ4v) is 1.78. The monoisotopic (exact) mass is 289 g/mol. The predicted molar refractivity (Wildman–Crippen MR) is 78.2 cm³/mol. The zero-order valence-electron chi connectivity index (χ0n) is 12.4. The Morgan fingerprint density at radius 2 is 1.95 bits per heavy atom. The highest BCUT2D eigenvalue weighted by molar-refractivity contribution is 5.93. The third kappa shape index (κ3) is 3.59. The molecule has 1 unspecified atom stereocenters. The highest BCUT2D eigenvalue weighted by Gasteiger charge is 2.18. The van der Waals surface area contributed by atoms with E-state index in [4.69, 9.17) is 9.47 Å². The summed E-state index contributed by atoms with van der Waals surface area (Å²) in [4.78, 5) is 11.8. The van der Waals surface area contributed by atoms with Crippen LogP contribution in [0.2, 0.25) is 0 Å². The van der Waals surface area contributed by atoms with Crippen LogP contribution in [0.4, 0.5) is 0 Å². The zero-order valence-corrected chi connectivity index (χ0v) is 12.4. The van der Waals surface area contributed by atoms with Crippen molar-refractivity contribution < 1.29 is 14.3 Å². The van der Waals surface area contributed by atoms with Crippen molar-refractivity contribution in [2.24, 2.45) is 0 Å². The summed E-state index contributed by atoms with van der Waals surface area (Å²) in [5.41, 5.74) is 1.44. The van der Waals surface area contributed by atoms with E-state index in [1.54, 1.807) is 6.92 Å². The summed E-state index contributed by atoms with van der Waals surface area (Å²) in [5.74, 6) is 0.301. The number of esters is 1. The SMILES string of the molecule is CCOC(=O)c1n[nH]nc1-c1ccc(OC(C)CC)cc1. The Labute approximate surface area is 123 Å². The standard InChI is InChI=1S/C15H19N3O3/c1-4-10(3)21-12-8-6-11(7-9-12)13-14(17-18-16-13)15(19)20-5-2/h6-10H,4-5H2,1-3H3,(H,16,17,18). The van der Waals surface area contributed by atoms with Crippen molar-refractivity contribution in [1.82, 2.24) is 15.4 Å². The minimum Gasteiger partial charge on any atom is -0.491 e. The number of carbonyl (C=O) groups is 1. The van der Waals surface area contributed by atoms with Crippen LogP contribution in [0.5, 0.6) is 5.75 Å². The van der Waals surface area contributed by atoms with Crippen LogP contribution >= 0.6 is 0 Å². The molecular formula is C15H19N3O3. The minimum absolute atomic E-state index is 0.165. The summed E-state index contributed by atoms with van der Waals surface area (Å²) in [5, 5.41) is 10.3. The number of carbonyl (C=O) groups excluding carboxylic acids is 1. The van der Waals surface area contributed by atoms with Crippen molar-refractivity contribution in [1.29, 1.82) is 0 Å². The zero-order chi connectivity index (χ0) is 15.2. The fourth-order valence-electron chi connectivity index (χ4n) is 1.78. The van der Waals surface area contributed by atoms with E-state index in [2.05, 4.69) is 22.3 Å². The van der Waals surface area contributed by atoms with Crippen LogP contribution in [-0.2, 0) is 4.74 Å². The van der Waals surface area contributed by atoms with Gasteiger partial charge in [0.05, 0.1) is 12.7 Å². The van der Waals surface area contributed by atoms with E-state index in [9.17, 15) is 4.79 Å². The second-order valence-electron chi connectivity index (χ2n) is 4.60. The average molecular weight is 289 g/mol. The molecule has 1 aromatic heterocycles. The van der Waals surface area contributed by atoms with Crippen molar-refractivity contribution in [3.8, 4) is 17.0 Å². The smallest absolute Gasteiger partial charge is 0.361 e. The van der Waals surface area contributed by atoms with Gasteiger partial charge < -0.3 is 9.47 Å². The minimum atomic E-state index is -0.485. The Morgan fingerprint density at radius 3 is 2.57 bits per heavy atom. The number of nitrogens with zero attached hydrogens (tertiary/aromatic N) is 2. The van der Waals surface area contributed by atoms with Gasteiger partial charge in [0.15, 0.2) is 5.69 Å². The molecule has 0 aliphatic heterocycles. The molecule has 1 heterocycles. The number of hydrogen-bond donors (Lipinski definition) is 1. The number of ether oxygens (including phenoxy) is 2. The Balaban J connectivity index is 2.19. The van der Waals surface area contributed by atoms with Crippen LogP contribution in [0.25, 0.3) is 11.3 Å². The Morgan fingerprint density at radius 1 is 1.24 bits per heavy atom. The second kappa shape index (κ2) is 6.88. The van der Waals surface area contributed by atoms with Crippen LogP contribution < -0.4 is 4.74 Å². The molecule has 21 heavy (non-hydrogen) atoms. The largest absolute Gasteiger partial charge is 0.491 e. The van der Waals surface area contributed by atoms with Gasteiger partial charge in [0.1, 0.15) is 11.4 Å². The van der Waals surface area contributed by atoms with Crippen molar-refractivity contribution in [2.45, 2.75) is 33.3 Å². The second-order valence-corrected chi connectivity index (χ2v) is 4.60. The molecule has 0 aliphatic rings. The lowest BCUT2D eigenvalue weighted by molar-refractivity contribution is 0.0520. The van der Waals surface area contributed by atoms with Crippen molar-refractivity contribution in [3.05, 3.63) is 30.0 Å². The highest BCUT2D eigenvalue weighted by Crippen LogP contribution is 2.23. The molecule has 0 saturated heterocycles.